The number of nitrogens with zero attached hydrogens (tertiary/aromatic N) is 1. The van der Waals surface area contributed by atoms with Crippen LogP contribution in [0.15, 0.2) is 93.6 Å². The Balaban J connectivity index is 1.46. The number of carbonyl (C=O) groups is 3. The molecule has 0 saturated carbocycles. The van der Waals surface area contributed by atoms with E-state index in [1.54, 1.807) is 49.2 Å². The van der Waals surface area contributed by atoms with Crippen molar-refractivity contribution in [1.82, 2.24) is 4.90 Å². The Morgan fingerprint density at radius 1 is 1.00 bits per heavy atom. The van der Waals surface area contributed by atoms with E-state index in [1.165, 1.54) is 0 Å². The third-order valence-corrected chi connectivity index (χ3v) is 6.73. The van der Waals surface area contributed by atoms with Crippen LogP contribution in [0.1, 0.15) is 5.56 Å². The molecule has 3 aromatic carbocycles. The number of ether oxygens (including phenoxy) is 1. The molecule has 3 aromatic rings. The van der Waals surface area contributed by atoms with Gasteiger partial charge in [0.1, 0.15) is 12.3 Å². The molecule has 6 nitrogen and oxygen atoms in total. The molecule has 0 aromatic heterocycles. The van der Waals surface area contributed by atoms with Gasteiger partial charge in [0.2, 0.25) is 5.91 Å². The molecule has 0 radical (unpaired) electrons. The standard InChI is InChI=1S/C25H20N2O4S2/c1-31-19-13-11-18(12-14-19)26-23(28)16-27-24(29)22(33-25(27)30)15-17-7-5-6-10-21(17)32-20-8-3-2-4-9-20/h2-15H,16H2,1H3,(H,26,28)/b22-15-. The number of methoxy groups -OCH3 is 1. The van der Waals surface area contributed by atoms with Gasteiger partial charge in [0.15, 0.2) is 0 Å². The molecule has 0 spiro atoms. The van der Waals surface area contributed by atoms with Crippen LogP contribution >= 0.6 is 23.5 Å². The average Bonchev–Trinajstić information content (AvgIpc) is 3.09. The molecule has 166 valence electrons. The van der Waals surface area contributed by atoms with Crippen LogP contribution in [0.3, 0.4) is 0 Å². The van der Waals surface area contributed by atoms with E-state index < -0.39 is 17.1 Å². The Kier molecular flexibility index (Phi) is 7.16. The SMILES string of the molecule is COc1ccc(NC(=O)CN2C(=O)S/C(=C\c3ccccc3Sc3ccccc3)C2=O)cc1. The second-order valence-corrected chi connectivity index (χ2v) is 9.11. The van der Waals surface area contributed by atoms with Crippen LogP contribution in [-0.4, -0.2) is 35.6 Å². The number of hydrogen-bond donors (Lipinski definition) is 1. The van der Waals surface area contributed by atoms with E-state index in [1.807, 2.05) is 54.6 Å². The Hall–Kier alpha value is -3.49. The summed E-state index contributed by atoms with van der Waals surface area (Å²) in [4.78, 5) is 41.0. The van der Waals surface area contributed by atoms with Gasteiger partial charge in [0.25, 0.3) is 11.1 Å². The zero-order chi connectivity index (χ0) is 23.2. The monoisotopic (exact) mass is 476 g/mol. The number of hydrogen-bond acceptors (Lipinski definition) is 6. The van der Waals surface area contributed by atoms with Crippen LogP contribution in [0.2, 0.25) is 0 Å². The van der Waals surface area contributed by atoms with E-state index in [0.717, 1.165) is 32.0 Å². The minimum atomic E-state index is -0.477. The van der Waals surface area contributed by atoms with E-state index in [9.17, 15) is 14.4 Å². The molecule has 4 rings (SSSR count). The molecule has 1 fully saturated rings. The van der Waals surface area contributed by atoms with Crippen molar-refractivity contribution in [3.05, 3.63) is 89.3 Å². The van der Waals surface area contributed by atoms with Gasteiger partial charge in [-0.1, -0.05) is 48.2 Å². The fourth-order valence-electron chi connectivity index (χ4n) is 3.10. The average molecular weight is 477 g/mol. The maximum absolute atomic E-state index is 12.9. The highest BCUT2D eigenvalue weighted by Crippen LogP contribution is 2.36. The highest BCUT2D eigenvalue weighted by molar-refractivity contribution is 8.18. The lowest BCUT2D eigenvalue weighted by Gasteiger charge is -2.12. The molecular weight excluding hydrogens is 456 g/mol. The molecule has 1 N–H and O–H groups in total. The highest BCUT2D eigenvalue weighted by atomic mass is 32.2. The molecule has 1 saturated heterocycles. The van der Waals surface area contributed by atoms with Crippen LogP contribution in [0.25, 0.3) is 6.08 Å². The third kappa shape index (κ3) is 5.66. The topological polar surface area (TPSA) is 75.7 Å². The second-order valence-electron chi connectivity index (χ2n) is 7.00. The van der Waals surface area contributed by atoms with Crippen molar-refractivity contribution in [2.24, 2.45) is 0 Å². The summed E-state index contributed by atoms with van der Waals surface area (Å²) in [5.74, 6) is -0.270. The lowest BCUT2D eigenvalue weighted by molar-refractivity contribution is -0.127. The minimum Gasteiger partial charge on any atom is -0.497 e. The number of carbonyl (C=O) groups excluding carboxylic acids is 3. The van der Waals surface area contributed by atoms with Gasteiger partial charge in [-0.25, -0.2) is 0 Å². The van der Waals surface area contributed by atoms with Gasteiger partial charge >= 0.3 is 0 Å². The maximum Gasteiger partial charge on any atom is 0.294 e. The molecule has 1 aliphatic heterocycles. The summed E-state index contributed by atoms with van der Waals surface area (Å²) < 4.78 is 5.09. The number of nitrogens with one attached hydrogen (secondary N) is 1. The van der Waals surface area contributed by atoms with Crippen molar-refractivity contribution in [2.75, 3.05) is 19.0 Å². The Labute approximate surface area is 200 Å². The Morgan fingerprint density at radius 2 is 1.70 bits per heavy atom. The van der Waals surface area contributed by atoms with Gasteiger partial charge in [-0.2, -0.15) is 0 Å². The maximum atomic E-state index is 12.9. The zero-order valence-electron chi connectivity index (χ0n) is 17.7. The van der Waals surface area contributed by atoms with Gasteiger partial charge in [0, 0.05) is 15.5 Å². The van der Waals surface area contributed by atoms with Crippen molar-refractivity contribution in [1.29, 1.82) is 0 Å². The van der Waals surface area contributed by atoms with Crippen LogP contribution in [0, 0.1) is 0 Å². The fourth-order valence-corrected chi connectivity index (χ4v) is 4.87. The van der Waals surface area contributed by atoms with Gasteiger partial charge in [-0.05, 0) is 65.9 Å². The largest absolute Gasteiger partial charge is 0.497 e. The molecule has 0 unspecified atom stereocenters. The number of benzene rings is 3. The summed E-state index contributed by atoms with van der Waals surface area (Å²) in [6, 6.07) is 24.4. The number of amides is 3. The van der Waals surface area contributed by atoms with Crippen LogP contribution in [0.4, 0.5) is 10.5 Å². The molecule has 0 atom stereocenters. The van der Waals surface area contributed by atoms with Crippen molar-refractivity contribution >= 4 is 52.3 Å². The predicted octanol–water partition coefficient (Wildman–Crippen LogP) is 5.52. The van der Waals surface area contributed by atoms with Crippen molar-refractivity contribution in [2.45, 2.75) is 9.79 Å². The molecular formula is C25H20N2O4S2. The van der Waals surface area contributed by atoms with Gasteiger partial charge in [-0.15, -0.1) is 0 Å². The Morgan fingerprint density at radius 3 is 2.42 bits per heavy atom. The predicted molar refractivity (Wildman–Crippen MR) is 131 cm³/mol. The second kappa shape index (κ2) is 10.4. The van der Waals surface area contributed by atoms with E-state index in [4.69, 9.17) is 4.74 Å². The first-order chi connectivity index (χ1) is 16.0. The molecule has 1 aliphatic rings. The first kappa shape index (κ1) is 22.7. The van der Waals surface area contributed by atoms with Crippen LogP contribution in [-0.2, 0) is 9.59 Å². The molecule has 0 bridgehead atoms. The first-order valence-electron chi connectivity index (χ1n) is 10.0. The number of imide groups is 1. The summed E-state index contributed by atoms with van der Waals surface area (Å²) in [5.41, 5.74) is 1.38. The van der Waals surface area contributed by atoms with Gasteiger partial charge in [-0.3, -0.25) is 19.3 Å². The summed E-state index contributed by atoms with van der Waals surface area (Å²) in [6.45, 7) is -0.353. The number of anilines is 1. The third-order valence-electron chi connectivity index (χ3n) is 4.73. The first-order valence-corrected chi connectivity index (χ1v) is 11.7. The van der Waals surface area contributed by atoms with Crippen LogP contribution < -0.4 is 10.1 Å². The molecule has 1 heterocycles. The van der Waals surface area contributed by atoms with E-state index in [-0.39, 0.29) is 6.54 Å². The van der Waals surface area contributed by atoms with Crippen molar-refractivity contribution < 1.29 is 19.1 Å². The molecule has 33 heavy (non-hydrogen) atoms. The lowest BCUT2D eigenvalue weighted by atomic mass is 10.2. The normalized spacial score (nSPS) is 14.6. The van der Waals surface area contributed by atoms with E-state index in [0.29, 0.717) is 16.3 Å². The van der Waals surface area contributed by atoms with Gasteiger partial charge < -0.3 is 10.1 Å². The van der Waals surface area contributed by atoms with E-state index in [2.05, 4.69) is 5.32 Å². The highest BCUT2D eigenvalue weighted by Gasteiger charge is 2.36. The minimum absolute atomic E-state index is 0.290. The number of thioether (sulfide) groups is 1. The van der Waals surface area contributed by atoms with Crippen molar-refractivity contribution in [3.8, 4) is 5.75 Å². The Bertz CT molecular complexity index is 1210. The van der Waals surface area contributed by atoms with E-state index >= 15 is 0 Å². The van der Waals surface area contributed by atoms with Gasteiger partial charge in [0.05, 0.1) is 12.0 Å². The number of rotatable bonds is 7. The lowest BCUT2D eigenvalue weighted by Crippen LogP contribution is -2.36. The molecule has 0 aliphatic carbocycles. The summed E-state index contributed by atoms with van der Waals surface area (Å²) in [6.07, 6.45) is 1.71. The zero-order valence-corrected chi connectivity index (χ0v) is 19.3. The molecule has 3 amide bonds. The fraction of sp³-hybridized carbons (Fsp3) is 0.0800. The summed E-state index contributed by atoms with van der Waals surface area (Å²) in [7, 11) is 1.56. The summed E-state index contributed by atoms with van der Waals surface area (Å²) >= 11 is 2.42. The van der Waals surface area contributed by atoms with Crippen LogP contribution in [0.5, 0.6) is 5.75 Å². The molecule has 8 heteroatoms. The van der Waals surface area contributed by atoms with Crippen molar-refractivity contribution in [3.63, 3.8) is 0 Å². The quantitative estimate of drug-likeness (QED) is 0.453. The summed E-state index contributed by atoms with van der Waals surface area (Å²) in [5, 5.41) is 2.22. The smallest absolute Gasteiger partial charge is 0.294 e.